The molecule has 0 bridgehead atoms. The molecule has 2 N–H and O–H groups in total. The number of anilines is 1. The highest BCUT2D eigenvalue weighted by atomic mass is 32.1. The number of ether oxygens (including phenoxy) is 2. The summed E-state index contributed by atoms with van der Waals surface area (Å²) in [6.45, 7) is 4.81. The molecule has 29 heavy (non-hydrogen) atoms. The van der Waals surface area contributed by atoms with E-state index in [0.29, 0.717) is 23.5 Å². The fourth-order valence-electron chi connectivity index (χ4n) is 3.93. The van der Waals surface area contributed by atoms with Gasteiger partial charge in [-0.25, -0.2) is 0 Å². The highest BCUT2D eigenvalue weighted by molar-refractivity contribution is 7.10. The lowest BCUT2D eigenvalue weighted by atomic mass is 9.88. The summed E-state index contributed by atoms with van der Waals surface area (Å²) < 4.78 is 10.7. The standard InChI is InChI=1S/C22H32N4O2S/c1-5-23-22(25-17-10-11-18(27-3)19(14-17)28-4)24-15-16-8-6-12-26(2)21(16)20-9-7-13-29-20/h7,9-11,13-14,16,21H,5-6,8,12,15H2,1-4H3,(H2,23,24,25). The minimum absolute atomic E-state index is 0.441. The molecule has 2 atom stereocenters. The Morgan fingerprint density at radius 1 is 1.24 bits per heavy atom. The quantitative estimate of drug-likeness (QED) is 0.523. The number of aliphatic imine (C=N–C) groups is 1. The van der Waals surface area contributed by atoms with Crippen molar-refractivity contribution in [1.82, 2.24) is 10.2 Å². The molecule has 1 saturated heterocycles. The van der Waals surface area contributed by atoms with Gasteiger partial charge in [0.05, 0.1) is 14.2 Å². The molecule has 0 aliphatic carbocycles. The molecular formula is C22H32N4O2S. The monoisotopic (exact) mass is 416 g/mol. The average Bonchev–Trinajstić information content (AvgIpc) is 3.26. The molecule has 0 amide bonds. The van der Waals surface area contributed by atoms with Crippen molar-refractivity contribution in [2.24, 2.45) is 10.9 Å². The van der Waals surface area contributed by atoms with E-state index in [-0.39, 0.29) is 0 Å². The van der Waals surface area contributed by atoms with E-state index in [0.717, 1.165) is 31.3 Å². The molecule has 7 heteroatoms. The number of guanidine groups is 1. The Kier molecular flexibility index (Phi) is 7.77. The van der Waals surface area contributed by atoms with Gasteiger partial charge in [-0.15, -0.1) is 11.3 Å². The van der Waals surface area contributed by atoms with Crippen molar-refractivity contribution in [3.8, 4) is 11.5 Å². The molecule has 0 spiro atoms. The van der Waals surface area contributed by atoms with Gasteiger partial charge in [0.2, 0.25) is 0 Å². The molecule has 1 aromatic heterocycles. The molecule has 158 valence electrons. The number of thiophene rings is 1. The third-order valence-corrected chi connectivity index (χ3v) is 6.26. The van der Waals surface area contributed by atoms with Crippen molar-refractivity contribution >= 4 is 23.0 Å². The highest BCUT2D eigenvalue weighted by Crippen LogP contribution is 2.37. The van der Waals surface area contributed by atoms with Gasteiger partial charge >= 0.3 is 0 Å². The summed E-state index contributed by atoms with van der Waals surface area (Å²) in [6, 6.07) is 10.6. The van der Waals surface area contributed by atoms with Crippen LogP contribution in [0, 0.1) is 5.92 Å². The Morgan fingerprint density at radius 3 is 2.76 bits per heavy atom. The first-order chi connectivity index (χ1) is 14.2. The third-order valence-electron chi connectivity index (χ3n) is 5.32. The van der Waals surface area contributed by atoms with Crippen LogP contribution >= 0.6 is 11.3 Å². The maximum Gasteiger partial charge on any atom is 0.195 e. The van der Waals surface area contributed by atoms with Crippen molar-refractivity contribution in [3.63, 3.8) is 0 Å². The van der Waals surface area contributed by atoms with Gasteiger partial charge in [-0.3, -0.25) is 9.89 Å². The summed E-state index contributed by atoms with van der Waals surface area (Å²) in [6.07, 6.45) is 2.42. The van der Waals surface area contributed by atoms with Gasteiger partial charge in [-0.2, -0.15) is 0 Å². The number of nitrogens with zero attached hydrogens (tertiary/aromatic N) is 2. The van der Waals surface area contributed by atoms with Gasteiger partial charge < -0.3 is 20.1 Å². The number of nitrogens with one attached hydrogen (secondary N) is 2. The number of benzene rings is 1. The number of rotatable bonds is 7. The normalized spacial score (nSPS) is 20.3. The Balaban J connectivity index is 1.74. The second kappa shape index (κ2) is 10.5. The topological polar surface area (TPSA) is 58.1 Å². The molecule has 2 unspecified atom stereocenters. The molecule has 0 radical (unpaired) electrons. The average molecular weight is 417 g/mol. The fraction of sp³-hybridized carbons (Fsp3) is 0.500. The second-order valence-electron chi connectivity index (χ2n) is 7.26. The number of hydrogen-bond donors (Lipinski definition) is 2. The number of hydrogen-bond acceptors (Lipinski definition) is 5. The number of methoxy groups -OCH3 is 2. The smallest absolute Gasteiger partial charge is 0.195 e. The summed E-state index contributed by atoms with van der Waals surface area (Å²) in [4.78, 5) is 8.84. The Labute approximate surface area is 177 Å². The molecule has 3 rings (SSSR count). The van der Waals surface area contributed by atoms with Crippen LogP contribution in [0.25, 0.3) is 0 Å². The number of piperidine rings is 1. The van der Waals surface area contributed by atoms with E-state index in [4.69, 9.17) is 14.5 Å². The van der Waals surface area contributed by atoms with Crippen LogP contribution in [-0.2, 0) is 0 Å². The van der Waals surface area contributed by atoms with Crippen LogP contribution in [-0.4, -0.2) is 51.8 Å². The summed E-state index contributed by atoms with van der Waals surface area (Å²) in [7, 11) is 5.51. The van der Waals surface area contributed by atoms with Crippen molar-refractivity contribution in [2.45, 2.75) is 25.8 Å². The van der Waals surface area contributed by atoms with Crippen LogP contribution in [0.15, 0.2) is 40.7 Å². The van der Waals surface area contributed by atoms with Crippen LogP contribution in [0.2, 0.25) is 0 Å². The first-order valence-corrected chi connectivity index (χ1v) is 11.0. The van der Waals surface area contributed by atoms with Crippen molar-refractivity contribution < 1.29 is 9.47 Å². The SMILES string of the molecule is CCNC(=NCC1CCCN(C)C1c1cccs1)Nc1ccc(OC)c(OC)c1. The van der Waals surface area contributed by atoms with E-state index in [1.807, 2.05) is 29.5 Å². The number of likely N-dealkylation sites (tertiary alicyclic amines) is 1. The van der Waals surface area contributed by atoms with Gasteiger partial charge in [0.1, 0.15) is 0 Å². The Morgan fingerprint density at radius 2 is 2.07 bits per heavy atom. The van der Waals surface area contributed by atoms with Crippen molar-refractivity contribution in [2.75, 3.05) is 46.2 Å². The van der Waals surface area contributed by atoms with Crippen LogP contribution in [0.1, 0.15) is 30.7 Å². The summed E-state index contributed by atoms with van der Waals surface area (Å²) in [5, 5.41) is 8.92. The van der Waals surface area contributed by atoms with E-state index in [2.05, 4.69) is 47.0 Å². The molecule has 1 fully saturated rings. The molecule has 1 aromatic carbocycles. The molecule has 2 heterocycles. The van der Waals surface area contributed by atoms with Gasteiger partial charge in [0, 0.05) is 35.8 Å². The fourth-order valence-corrected chi connectivity index (χ4v) is 4.91. The van der Waals surface area contributed by atoms with Crippen LogP contribution < -0.4 is 20.1 Å². The minimum Gasteiger partial charge on any atom is -0.493 e. The van der Waals surface area contributed by atoms with Crippen LogP contribution in [0.5, 0.6) is 11.5 Å². The Bertz CT molecular complexity index is 794. The van der Waals surface area contributed by atoms with Gasteiger partial charge in [0.25, 0.3) is 0 Å². The molecule has 1 aliphatic heterocycles. The Hall–Kier alpha value is -2.25. The molecule has 1 aliphatic rings. The molecule has 0 saturated carbocycles. The zero-order valence-electron chi connectivity index (χ0n) is 17.8. The van der Waals surface area contributed by atoms with Gasteiger partial charge in [-0.05, 0) is 62.9 Å². The predicted octanol–water partition coefficient (Wildman–Crippen LogP) is 4.23. The van der Waals surface area contributed by atoms with E-state index >= 15 is 0 Å². The highest BCUT2D eigenvalue weighted by Gasteiger charge is 2.31. The van der Waals surface area contributed by atoms with Crippen LogP contribution in [0.4, 0.5) is 5.69 Å². The zero-order chi connectivity index (χ0) is 20.6. The lowest BCUT2D eigenvalue weighted by Gasteiger charge is -2.38. The summed E-state index contributed by atoms with van der Waals surface area (Å²) >= 11 is 1.84. The third kappa shape index (κ3) is 5.42. The van der Waals surface area contributed by atoms with Gasteiger partial charge in [-0.1, -0.05) is 6.07 Å². The maximum absolute atomic E-state index is 5.41. The van der Waals surface area contributed by atoms with Gasteiger partial charge in [0.15, 0.2) is 17.5 Å². The maximum atomic E-state index is 5.41. The van der Waals surface area contributed by atoms with E-state index in [9.17, 15) is 0 Å². The first-order valence-electron chi connectivity index (χ1n) is 10.2. The predicted molar refractivity (Wildman–Crippen MR) is 122 cm³/mol. The lowest BCUT2D eigenvalue weighted by Crippen LogP contribution is -2.38. The van der Waals surface area contributed by atoms with E-state index < -0.39 is 0 Å². The van der Waals surface area contributed by atoms with Crippen LogP contribution in [0.3, 0.4) is 0 Å². The minimum atomic E-state index is 0.441. The second-order valence-corrected chi connectivity index (χ2v) is 8.24. The van der Waals surface area contributed by atoms with E-state index in [1.165, 1.54) is 17.7 Å². The molecule has 6 nitrogen and oxygen atoms in total. The van der Waals surface area contributed by atoms with E-state index in [1.54, 1.807) is 14.2 Å². The first kappa shape index (κ1) is 21.5. The van der Waals surface area contributed by atoms with Crippen molar-refractivity contribution in [1.29, 1.82) is 0 Å². The van der Waals surface area contributed by atoms with Crippen molar-refractivity contribution in [3.05, 3.63) is 40.6 Å². The largest absolute Gasteiger partial charge is 0.493 e. The lowest BCUT2D eigenvalue weighted by molar-refractivity contribution is 0.128. The molecular weight excluding hydrogens is 384 g/mol. The summed E-state index contributed by atoms with van der Waals surface area (Å²) in [5.41, 5.74) is 0.915. The summed E-state index contributed by atoms with van der Waals surface area (Å²) in [5.74, 6) is 2.70. The molecule has 2 aromatic rings. The zero-order valence-corrected chi connectivity index (χ0v) is 18.6.